The summed E-state index contributed by atoms with van der Waals surface area (Å²) in [6.07, 6.45) is 3.22. The van der Waals surface area contributed by atoms with Crippen LogP contribution in [0.5, 0.6) is 0 Å². The molecule has 2 aliphatic rings. The Morgan fingerprint density at radius 1 is 1.06 bits per heavy atom. The van der Waals surface area contributed by atoms with E-state index in [9.17, 15) is 18.0 Å². The zero-order valence-electron chi connectivity index (χ0n) is 17.3. The number of sulfonamides is 1. The van der Waals surface area contributed by atoms with Crippen molar-refractivity contribution in [3.8, 4) is 0 Å². The van der Waals surface area contributed by atoms with E-state index in [1.807, 2.05) is 30.3 Å². The fourth-order valence-corrected chi connectivity index (χ4v) is 5.63. The number of nitrogens with zero attached hydrogens (tertiary/aromatic N) is 1. The minimum Gasteiger partial charge on any atom is -0.353 e. The van der Waals surface area contributed by atoms with Crippen LogP contribution in [0.2, 0.25) is 0 Å². The molecule has 0 saturated carbocycles. The molecule has 0 aromatic heterocycles. The van der Waals surface area contributed by atoms with Gasteiger partial charge in [-0.25, -0.2) is 8.42 Å². The van der Waals surface area contributed by atoms with Crippen molar-refractivity contribution in [1.82, 2.24) is 9.62 Å². The summed E-state index contributed by atoms with van der Waals surface area (Å²) in [5.74, 6) is -0.0436. The highest BCUT2D eigenvalue weighted by atomic mass is 32.2. The van der Waals surface area contributed by atoms with E-state index in [2.05, 4.69) is 10.6 Å². The molecule has 31 heavy (non-hydrogen) atoms. The molecule has 7 nitrogen and oxygen atoms in total. The van der Waals surface area contributed by atoms with E-state index in [1.165, 1.54) is 4.31 Å². The topological polar surface area (TPSA) is 95.6 Å². The maximum Gasteiger partial charge on any atom is 0.243 e. The molecular weight excluding hydrogens is 414 g/mol. The van der Waals surface area contributed by atoms with E-state index in [0.717, 1.165) is 11.1 Å². The number of anilines is 1. The fourth-order valence-electron chi connectivity index (χ4n) is 4.11. The maximum absolute atomic E-state index is 13.1. The molecule has 2 heterocycles. The lowest BCUT2D eigenvalue weighted by atomic mass is 10.0. The molecule has 8 heteroatoms. The predicted octanol–water partition coefficient (Wildman–Crippen LogP) is 2.47. The molecule has 0 unspecified atom stereocenters. The molecule has 164 valence electrons. The Morgan fingerprint density at radius 3 is 2.55 bits per heavy atom. The summed E-state index contributed by atoms with van der Waals surface area (Å²) in [5.41, 5.74) is 2.66. The van der Waals surface area contributed by atoms with Gasteiger partial charge in [-0.3, -0.25) is 9.59 Å². The van der Waals surface area contributed by atoms with Crippen LogP contribution in [0.25, 0.3) is 0 Å². The number of rotatable bonds is 6. The van der Waals surface area contributed by atoms with Gasteiger partial charge in [0.25, 0.3) is 0 Å². The van der Waals surface area contributed by atoms with Crippen molar-refractivity contribution < 1.29 is 18.0 Å². The lowest BCUT2D eigenvalue weighted by Crippen LogP contribution is -2.46. The third kappa shape index (κ3) is 5.14. The van der Waals surface area contributed by atoms with Crippen molar-refractivity contribution in [2.24, 2.45) is 0 Å². The minimum atomic E-state index is -3.60. The van der Waals surface area contributed by atoms with E-state index in [4.69, 9.17) is 0 Å². The van der Waals surface area contributed by atoms with E-state index < -0.39 is 10.0 Å². The molecule has 0 spiro atoms. The van der Waals surface area contributed by atoms with E-state index in [1.54, 1.807) is 18.2 Å². The van der Waals surface area contributed by atoms with Gasteiger partial charge in [0.05, 0.1) is 4.90 Å². The number of benzene rings is 2. The lowest BCUT2D eigenvalue weighted by molar-refractivity contribution is -0.122. The van der Waals surface area contributed by atoms with Gasteiger partial charge in [-0.15, -0.1) is 0 Å². The lowest BCUT2D eigenvalue weighted by Gasteiger charge is -2.32. The van der Waals surface area contributed by atoms with Crippen molar-refractivity contribution in [2.75, 3.05) is 18.4 Å². The van der Waals surface area contributed by atoms with Crippen LogP contribution < -0.4 is 10.6 Å². The van der Waals surface area contributed by atoms with Gasteiger partial charge >= 0.3 is 0 Å². The summed E-state index contributed by atoms with van der Waals surface area (Å²) >= 11 is 0. The number of aryl methyl sites for hydroxylation is 2. The fraction of sp³-hybridized carbons (Fsp3) is 0.391. The SMILES string of the molecule is O=C1CCc2cc(S(=O)(=O)N3CCC(NC(=O)CCc4ccccc4)CC3)ccc2N1. The van der Waals surface area contributed by atoms with Crippen LogP contribution in [0.15, 0.2) is 53.4 Å². The van der Waals surface area contributed by atoms with Crippen molar-refractivity contribution >= 4 is 27.5 Å². The molecule has 2 amide bonds. The zero-order valence-corrected chi connectivity index (χ0v) is 18.2. The van der Waals surface area contributed by atoms with Crippen LogP contribution >= 0.6 is 0 Å². The number of nitrogens with one attached hydrogen (secondary N) is 2. The molecular formula is C23H27N3O4S. The summed E-state index contributed by atoms with van der Waals surface area (Å²) in [4.78, 5) is 24.0. The second kappa shape index (κ2) is 9.20. The van der Waals surface area contributed by atoms with Crippen molar-refractivity contribution in [3.63, 3.8) is 0 Å². The third-order valence-electron chi connectivity index (χ3n) is 5.91. The van der Waals surface area contributed by atoms with E-state index in [-0.39, 0.29) is 22.8 Å². The first-order chi connectivity index (χ1) is 14.9. The number of carbonyl (C=O) groups excluding carboxylic acids is 2. The summed E-state index contributed by atoms with van der Waals surface area (Å²) in [7, 11) is -3.60. The number of hydrogen-bond acceptors (Lipinski definition) is 4. The van der Waals surface area contributed by atoms with Crippen LogP contribution in [-0.2, 0) is 32.5 Å². The third-order valence-corrected chi connectivity index (χ3v) is 7.81. The maximum atomic E-state index is 13.1. The van der Waals surface area contributed by atoms with Crippen molar-refractivity contribution in [2.45, 2.75) is 49.5 Å². The number of hydrogen-bond donors (Lipinski definition) is 2. The normalized spacial score (nSPS) is 17.6. The van der Waals surface area contributed by atoms with Gasteiger partial charge in [-0.05, 0) is 55.0 Å². The van der Waals surface area contributed by atoms with Crippen LogP contribution in [0.4, 0.5) is 5.69 Å². The van der Waals surface area contributed by atoms with Gasteiger partial charge in [-0.1, -0.05) is 30.3 Å². The molecule has 0 atom stereocenters. The van der Waals surface area contributed by atoms with Crippen LogP contribution in [0.1, 0.15) is 36.8 Å². The molecule has 2 aliphatic heterocycles. The Kier molecular flexibility index (Phi) is 6.38. The zero-order chi connectivity index (χ0) is 21.8. The minimum absolute atomic E-state index is 0.00175. The molecule has 1 saturated heterocycles. The average molecular weight is 442 g/mol. The highest BCUT2D eigenvalue weighted by Gasteiger charge is 2.30. The Labute approximate surface area is 182 Å². The van der Waals surface area contributed by atoms with Crippen molar-refractivity contribution in [3.05, 3.63) is 59.7 Å². The quantitative estimate of drug-likeness (QED) is 0.720. The Morgan fingerprint density at radius 2 is 1.81 bits per heavy atom. The molecule has 0 aliphatic carbocycles. The second-order valence-electron chi connectivity index (χ2n) is 8.10. The van der Waals surface area contributed by atoms with Gasteiger partial charge in [0.2, 0.25) is 21.8 Å². The Bertz CT molecular complexity index is 1060. The standard InChI is InChI=1S/C23H27N3O4S/c27-22(10-6-17-4-2-1-3-5-17)24-19-12-14-26(15-13-19)31(29,30)20-8-9-21-18(16-20)7-11-23(28)25-21/h1-5,8-9,16,19H,6-7,10-15H2,(H,24,27)(H,25,28). The first-order valence-corrected chi connectivity index (χ1v) is 12.1. The Hall–Kier alpha value is -2.71. The molecule has 0 bridgehead atoms. The monoisotopic (exact) mass is 441 g/mol. The van der Waals surface area contributed by atoms with Crippen LogP contribution in [-0.4, -0.2) is 43.7 Å². The average Bonchev–Trinajstić information content (AvgIpc) is 2.78. The van der Waals surface area contributed by atoms with Gasteiger partial charge in [0.1, 0.15) is 0 Å². The smallest absolute Gasteiger partial charge is 0.243 e. The molecule has 2 N–H and O–H groups in total. The highest BCUT2D eigenvalue weighted by Crippen LogP contribution is 2.28. The number of fused-ring (bicyclic) bond motifs is 1. The second-order valence-corrected chi connectivity index (χ2v) is 10.0. The summed E-state index contributed by atoms with van der Waals surface area (Å²) < 4.78 is 27.6. The predicted molar refractivity (Wildman–Crippen MR) is 118 cm³/mol. The van der Waals surface area contributed by atoms with Crippen LogP contribution in [0, 0.1) is 0 Å². The first-order valence-electron chi connectivity index (χ1n) is 10.7. The van der Waals surface area contributed by atoms with Crippen molar-refractivity contribution in [1.29, 1.82) is 0 Å². The largest absolute Gasteiger partial charge is 0.353 e. The van der Waals surface area contributed by atoms with Gasteiger partial charge in [0.15, 0.2) is 0 Å². The highest BCUT2D eigenvalue weighted by molar-refractivity contribution is 7.89. The Balaban J connectivity index is 1.31. The number of amides is 2. The summed E-state index contributed by atoms with van der Waals surface area (Å²) in [5, 5.41) is 5.82. The number of carbonyl (C=O) groups is 2. The van der Waals surface area contributed by atoms with Crippen LogP contribution in [0.3, 0.4) is 0 Å². The molecule has 0 radical (unpaired) electrons. The molecule has 2 aromatic carbocycles. The van der Waals surface area contributed by atoms with E-state index >= 15 is 0 Å². The molecule has 1 fully saturated rings. The summed E-state index contributed by atoms with van der Waals surface area (Å²) in [6.45, 7) is 0.750. The molecule has 4 rings (SSSR count). The summed E-state index contributed by atoms with van der Waals surface area (Å²) in [6, 6.07) is 14.8. The number of piperidine rings is 1. The first kappa shape index (κ1) is 21.5. The van der Waals surface area contributed by atoms with Gasteiger partial charge < -0.3 is 10.6 Å². The van der Waals surface area contributed by atoms with Gasteiger partial charge in [-0.2, -0.15) is 4.31 Å². The van der Waals surface area contributed by atoms with Gasteiger partial charge in [0, 0.05) is 37.7 Å². The molecule has 2 aromatic rings. The van der Waals surface area contributed by atoms with E-state index in [0.29, 0.717) is 57.3 Å².